The van der Waals surface area contributed by atoms with Crippen molar-refractivity contribution in [2.75, 3.05) is 20.3 Å². The van der Waals surface area contributed by atoms with Crippen molar-refractivity contribution in [1.82, 2.24) is 19.9 Å². The van der Waals surface area contributed by atoms with Gasteiger partial charge in [0.05, 0.1) is 48.2 Å². The van der Waals surface area contributed by atoms with E-state index in [9.17, 15) is 9.59 Å². The van der Waals surface area contributed by atoms with Crippen LogP contribution < -0.4 is 4.74 Å². The molecule has 5 rings (SSSR count). The molecule has 0 radical (unpaired) electrons. The molecule has 0 aliphatic carbocycles. The second-order valence-electron chi connectivity index (χ2n) is 9.83. The van der Waals surface area contributed by atoms with Gasteiger partial charge >= 0.3 is 11.9 Å². The number of ether oxygens (including phenoxy) is 3. The zero-order valence-corrected chi connectivity index (χ0v) is 23.8. The number of hydrogen-bond acceptors (Lipinski definition) is 7. The molecule has 0 unspecified atom stereocenters. The number of hydrogen-bond donors (Lipinski definition) is 2. The zero-order valence-electron chi connectivity index (χ0n) is 23.8. The lowest BCUT2D eigenvalue weighted by Gasteiger charge is -2.06. The van der Waals surface area contributed by atoms with Gasteiger partial charge in [-0.1, -0.05) is 13.8 Å². The number of esters is 2. The Kier molecular flexibility index (Phi) is 7.91. The van der Waals surface area contributed by atoms with Crippen LogP contribution in [-0.4, -0.2) is 52.2 Å². The summed E-state index contributed by atoms with van der Waals surface area (Å²) in [4.78, 5) is 43.0. The van der Waals surface area contributed by atoms with Crippen LogP contribution in [0, 0.1) is 0 Å². The number of aromatic amines is 2. The smallest absolute Gasteiger partial charge is 0.340 e. The molecule has 9 heteroatoms. The van der Waals surface area contributed by atoms with Crippen LogP contribution in [0.4, 0.5) is 0 Å². The third-order valence-electron chi connectivity index (χ3n) is 7.42. The number of rotatable bonds is 7. The van der Waals surface area contributed by atoms with Gasteiger partial charge in [-0.25, -0.2) is 9.59 Å². The molecule has 9 nitrogen and oxygen atoms in total. The summed E-state index contributed by atoms with van der Waals surface area (Å²) in [5.41, 5.74) is 9.04. The van der Waals surface area contributed by atoms with Crippen molar-refractivity contribution in [1.29, 1.82) is 0 Å². The summed E-state index contributed by atoms with van der Waals surface area (Å²) < 4.78 is 16.8. The molecular weight excluding hydrogens is 508 g/mol. The monoisotopic (exact) mass is 544 g/mol. The molecule has 2 aliphatic heterocycles. The number of methoxy groups -OCH3 is 1. The highest BCUT2D eigenvalue weighted by Gasteiger charge is 2.25. The van der Waals surface area contributed by atoms with Crippen LogP contribution in [0.5, 0.6) is 5.75 Å². The van der Waals surface area contributed by atoms with Crippen LogP contribution in [-0.2, 0) is 48.0 Å². The summed E-state index contributed by atoms with van der Waals surface area (Å²) in [6.45, 7) is 8.22. The average Bonchev–Trinajstić information content (AvgIpc) is 3.71. The summed E-state index contributed by atoms with van der Waals surface area (Å²) in [6, 6.07) is 5.94. The number of nitrogens with one attached hydrogen (secondary N) is 2. The van der Waals surface area contributed by atoms with E-state index in [2.05, 4.69) is 9.97 Å². The largest absolute Gasteiger partial charge is 0.493 e. The van der Waals surface area contributed by atoms with Gasteiger partial charge in [0.1, 0.15) is 0 Å². The van der Waals surface area contributed by atoms with E-state index in [0.29, 0.717) is 60.2 Å². The van der Waals surface area contributed by atoms with Gasteiger partial charge in [-0.15, -0.1) is 0 Å². The Morgan fingerprint density at radius 3 is 1.85 bits per heavy atom. The van der Waals surface area contributed by atoms with Crippen molar-refractivity contribution >= 4 is 34.0 Å². The first kappa shape index (κ1) is 27.4. The van der Waals surface area contributed by atoms with E-state index in [4.69, 9.17) is 24.2 Å². The Labute approximate surface area is 233 Å². The lowest BCUT2D eigenvalue weighted by Crippen LogP contribution is -2.07. The van der Waals surface area contributed by atoms with Crippen LogP contribution in [0.25, 0.3) is 22.1 Å². The summed E-state index contributed by atoms with van der Waals surface area (Å²) in [5, 5.41) is 0. The van der Waals surface area contributed by atoms with E-state index in [1.165, 1.54) is 0 Å². The fraction of sp³-hybridized carbons (Fsp3) is 0.419. The van der Waals surface area contributed by atoms with Crippen LogP contribution in [0.3, 0.4) is 0 Å². The maximum absolute atomic E-state index is 13.2. The molecule has 5 heterocycles. The Balaban J connectivity index is 1.93. The highest BCUT2D eigenvalue weighted by Crippen LogP contribution is 2.33. The molecule has 8 bridgehead atoms. The van der Waals surface area contributed by atoms with Crippen LogP contribution >= 0.6 is 0 Å². The molecule has 2 aliphatic rings. The van der Waals surface area contributed by atoms with Crippen molar-refractivity contribution in [3.8, 4) is 5.75 Å². The number of carbonyl (C=O) groups excluding carboxylic acids is 2. The normalized spacial score (nSPS) is 12.8. The summed E-state index contributed by atoms with van der Waals surface area (Å²) in [6.07, 6.45) is 4.07. The summed E-state index contributed by atoms with van der Waals surface area (Å²) >= 11 is 0. The quantitative estimate of drug-likeness (QED) is 0.384. The minimum Gasteiger partial charge on any atom is -0.493 e. The Morgan fingerprint density at radius 2 is 1.25 bits per heavy atom. The van der Waals surface area contributed by atoms with Gasteiger partial charge in [-0.3, -0.25) is 9.97 Å². The summed E-state index contributed by atoms with van der Waals surface area (Å²) in [5.74, 6) is -0.210. The van der Waals surface area contributed by atoms with Gasteiger partial charge in [0, 0.05) is 28.1 Å². The first-order valence-corrected chi connectivity index (χ1v) is 14.1. The molecule has 0 fully saturated rings. The van der Waals surface area contributed by atoms with E-state index >= 15 is 0 Å². The minimum atomic E-state index is -0.390. The van der Waals surface area contributed by atoms with Crippen LogP contribution in [0.15, 0.2) is 18.2 Å². The first-order chi connectivity index (χ1) is 19.4. The van der Waals surface area contributed by atoms with Crippen molar-refractivity contribution in [3.63, 3.8) is 0 Å². The SMILES string of the molecule is CCOC(=O)c1c(CC)c2cc3nc(c(OC)c4[nH]c(cc5nc(cc1[nH]2)CC5)c(CC)c4C(=O)OCC)CC3. The van der Waals surface area contributed by atoms with E-state index in [0.717, 1.165) is 57.8 Å². The summed E-state index contributed by atoms with van der Waals surface area (Å²) in [7, 11) is 1.60. The number of fused-ring (bicyclic) bond motifs is 8. The van der Waals surface area contributed by atoms with Gasteiger partial charge in [0.2, 0.25) is 0 Å². The Morgan fingerprint density at radius 1 is 0.725 bits per heavy atom. The van der Waals surface area contributed by atoms with E-state index < -0.39 is 5.97 Å². The number of nitrogens with zero attached hydrogens (tertiary/aromatic N) is 2. The number of aryl methyl sites for hydroxylation is 6. The van der Waals surface area contributed by atoms with Gasteiger partial charge in [-0.05, 0) is 81.7 Å². The number of aromatic nitrogens is 4. The topological polar surface area (TPSA) is 119 Å². The van der Waals surface area contributed by atoms with Gasteiger partial charge in [0.25, 0.3) is 0 Å². The minimum absolute atomic E-state index is 0.272. The standard InChI is InChI=1S/C31H36N4O5/c1-6-20-23-15-19-12-13-22(33-19)29(38-5)28-27(31(37)40-9-4)21(7-2)24(35-28)14-17-10-11-18(32-17)16-25(34-23)26(20)30(36)39-8-3/h14-16,34-35H,6-13H2,1-5H3. The molecule has 0 atom stereocenters. The molecule has 40 heavy (non-hydrogen) atoms. The highest BCUT2D eigenvalue weighted by atomic mass is 16.5. The first-order valence-electron chi connectivity index (χ1n) is 14.1. The second-order valence-corrected chi connectivity index (χ2v) is 9.83. The maximum atomic E-state index is 13.2. The van der Waals surface area contributed by atoms with Crippen molar-refractivity contribution in [2.24, 2.45) is 0 Å². The molecule has 2 N–H and O–H groups in total. The molecule has 0 saturated heterocycles. The van der Waals surface area contributed by atoms with Gasteiger partial charge in [-0.2, -0.15) is 0 Å². The van der Waals surface area contributed by atoms with Crippen molar-refractivity contribution in [3.05, 3.63) is 63.2 Å². The van der Waals surface area contributed by atoms with E-state index in [1.807, 2.05) is 39.0 Å². The van der Waals surface area contributed by atoms with Gasteiger partial charge < -0.3 is 24.2 Å². The van der Waals surface area contributed by atoms with Crippen LogP contribution in [0.1, 0.15) is 82.3 Å². The molecular formula is C31H36N4O5. The maximum Gasteiger partial charge on any atom is 0.340 e. The fourth-order valence-electron chi connectivity index (χ4n) is 5.69. The molecule has 3 aromatic heterocycles. The van der Waals surface area contributed by atoms with E-state index in [-0.39, 0.29) is 12.6 Å². The average molecular weight is 545 g/mol. The Hall–Kier alpha value is -4.14. The Bertz CT molecular complexity index is 1630. The number of H-pyrrole nitrogens is 2. The molecule has 0 spiro atoms. The predicted molar refractivity (Wildman–Crippen MR) is 153 cm³/mol. The van der Waals surface area contributed by atoms with Crippen molar-refractivity contribution < 1.29 is 23.8 Å². The highest BCUT2D eigenvalue weighted by molar-refractivity contribution is 6.04. The van der Waals surface area contributed by atoms with Crippen molar-refractivity contribution in [2.45, 2.75) is 66.2 Å². The van der Waals surface area contributed by atoms with Gasteiger partial charge in [0.15, 0.2) is 5.75 Å². The second kappa shape index (κ2) is 11.5. The predicted octanol–water partition coefficient (Wildman–Crippen LogP) is 5.37. The third-order valence-corrected chi connectivity index (χ3v) is 7.42. The molecule has 210 valence electrons. The molecule has 3 aromatic rings. The van der Waals surface area contributed by atoms with E-state index in [1.54, 1.807) is 14.0 Å². The van der Waals surface area contributed by atoms with Crippen LogP contribution in [0.2, 0.25) is 0 Å². The molecule has 0 amide bonds. The lowest BCUT2D eigenvalue weighted by molar-refractivity contribution is 0.0518. The fourth-order valence-corrected chi connectivity index (χ4v) is 5.69. The zero-order chi connectivity index (χ0) is 28.4. The third kappa shape index (κ3) is 4.96. The number of carbonyl (C=O) groups is 2. The molecule has 0 saturated carbocycles. The molecule has 0 aromatic carbocycles. The lowest BCUT2D eigenvalue weighted by atomic mass is 10.1.